The van der Waals surface area contributed by atoms with Crippen LogP contribution in [0.15, 0.2) is 29.6 Å². The Morgan fingerprint density at radius 1 is 1.27 bits per heavy atom. The molecular weight excluding hydrogens is 305 g/mol. The molecule has 0 spiro atoms. The first-order chi connectivity index (χ1) is 10.4. The largest absolute Gasteiger partial charge is 0.325 e. The maximum atomic E-state index is 12.9. The number of carbonyl (C=O) groups is 2. The summed E-state index contributed by atoms with van der Waals surface area (Å²) in [5.74, 6) is -0.573. The van der Waals surface area contributed by atoms with Gasteiger partial charge >= 0.3 is 6.03 Å². The highest BCUT2D eigenvalue weighted by Gasteiger charge is 2.44. The predicted molar refractivity (Wildman–Crippen MR) is 80.7 cm³/mol. The molecule has 1 saturated heterocycles. The van der Waals surface area contributed by atoms with Gasteiger partial charge in [0.2, 0.25) is 0 Å². The second kappa shape index (κ2) is 5.17. The Kier molecular flexibility index (Phi) is 3.44. The topological polar surface area (TPSA) is 62.3 Å². The van der Waals surface area contributed by atoms with E-state index in [1.54, 1.807) is 31.4 Å². The van der Waals surface area contributed by atoms with Crippen molar-refractivity contribution in [2.45, 2.75) is 25.9 Å². The zero-order chi connectivity index (χ0) is 15.9. The Balaban J connectivity index is 1.79. The third-order valence-corrected chi connectivity index (χ3v) is 4.35. The van der Waals surface area contributed by atoms with Gasteiger partial charge in [-0.05, 0) is 38.1 Å². The summed E-state index contributed by atoms with van der Waals surface area (Å²) < 4.78 is 12.9. The lowest BCUT2D eigenvalue weighted by atomic mass is 10.1. The van der Waals surface area contributed by atoms with Crippen molar-refractivity contribution in [3.63, 3.8) is 0 Å². The van der Waals surface area contributed by atoms with Gasteiger partial charge in [0.05, 0.1) is 12.2 Å². The van der Waals surface area contributed by atoms with E-state index in [0.717, 1.165) is 15.5 Å². The molecule has 114 valence electrons. The third-order valence-electron chi connectivity index (χ3n) is 3.41. The second-order valence-corrected chi connectivity index (χ2v) is 6.46. The molecule has 0 saturated carbocycles. The normalized spacial score (nSPS) is 17.0. The number of thiazole rings is 1. The summed E-state index contributed by atoms with van der Waals surface area (Å²) in [5.41, 5.74) is 0.549. The van der Waals surface area contributed by atoms with Crippen LogP contribution in [0.4, 0.5) is 9.18 Å². The Morgan fingerprint density at radius 2 is 1.95 bits per heavy atom. The highest BCUT2D eigenvalue weighted by molar-refractivity contribution is 7.13. The van der Waals surface area contributed by atoms with Crippen LogP contribution in [-0.4, -0.2) is 27.4 Å². The molecular formula is C15H14FN3O2S. The van der Waals surface area contributed by atoms with E-state index in [2.05, 4.69) is 10.3 Å². The summed E-state index contributed by atoms with van der Waals surface area (Å²) in [6.45, 7) is 3.46. The minimum Gasteiger partial charge on any atom is -0.324 e. The van der Waals surface area contributed by atoms with Crippen LogP contribution in [-0.2, 0) is 11.3 Å². The van der Waals surface area contributed by atoms with Gasteiger partial charge in [-0.25, -0.2) is 14.2 Å². The van der Waals surface area contributed by atoms with E-state index >= 15 is 0 Å². The number of rotatable bonds is 3. The fourth-order valence-corrected chi connectivity index (χ4v) is 3.05. The molecule has 3 amide bonds. The molecule has 2 heterocycles. The quantitative estimate of drug-likeness (QED) is 0.885. The Morgan fingerprint density at radius 3 is 2.55 bits per heavy atom. The number of halogens is 1. The third kappa shape index (κ3) is 2.59. The van der Waals surface area contributed by atoms with Crippen LogP contribution in [0.3, 0.4) is 0 Å². The molecule has 22 heavy (non-hydrogen) atoms. The number of aromatic nitrogens is 1. The summed E-state index contributed by atoms with van der Waals surface area (Å²) in [6, 6.07) is 5.63. The summed E-state index contributed by atoms with van der Waals surface area (Å²) in [5, 5.41) is 5.15. The van der Waals surface area contributed by atoms with Crippen LogP contribution in [0.2, 0.25) is 0 Å². The summed E-state index contributed by atoms with van der Waals surface area (Å²) in [7, 11) is 0. The van der Waals surface area contributed by atoms with Gasteiger partial charge in [-0.15, -0.1) is 11.3 Å². The molecule has 5 nitrogen and oxygen atoms in total. The lowest BCUT2D eigenvalue weighted by molar-refractivity contribution is -0.130. The van der Waals surface area contributed by atoms with Gasteiger partial charge in [0, 0.05) is 10.9 Å². The van der Waals surface area contributed by atoms with Crippen LogP contribution < -0.4 is 5.32 Å². The van der Waals surface area contributed by atoms with Crippen LogP contribution in [0.5, 0.6) is 0 Å². The first kappa shape index (κ1) is 14.6. The fraction of sp³-hybridized carbons (Fsp3) is 0.267. The summed E-state index contributed by atoms with van der Waals surface area (Å²) in [6.07, 6.45) is 0. The van der Waals surface area contributed by atoms with Gasteiger partial charge in [-0.1, -0.05) is 0 Å². The lowest BCUT2D eigenvalue weighted by Crippen LogP contribution is -2.40. The zero-order valence-electron chi connectivity index (χ0n) is 12.1. The number of amides is 3. The Bertz CT molecular complexity index is 740. The van der Waals surface area contributed by atoms with Gasteiger partial charge < -0.3 is 5.32 Å². The van der Waals surface area contributed by atoms with E-state index in [9.17, 15) is 14.0 Å². The van der Waals surface area contributed by atoms with Crippen molar-refractivity contribution in [2.24, 2.45) is 0 Å². The van der Waals surface area contributed by atoms with E-state index in [0.29, 0.717) is 5.69 Å². The van der Waals surface area contributed by atoms with E-state index in [1.807, 2.05) is 0 Å². The van der Waals surface area contributed by atoms with Crippen LogP contribution in [0, 0.1) is 5.82 Å². The van der Waals surface area contributed by atoms with Crippen molar-refractivity contribution in [1.29, 1.82) is 0 Å². The number of imide groups is 1. The van der Waals surface area contributed by atoms with Crippen molar-refractivity contribution < 1.29 is 14.0 Å². The smallest absolute Gasteiger partial charge is 0.324 e. The molecule has 3 rings (SSSR count). The predicted octanol–water partition coefficient (Wildman–Crippen LogP) is 2.78. The first-order valence-corrected chi connectivity index (χ1v) is 7.59. The SMILES string of the molecule is CC1(C)NC(=O)N(Cc2csc(-c3ccc(F)cc3)n2)C1=O. The van der Waals surface area contributed by atoms with Gasteiger partial charge in [0.1, 0.15) is 16.4 Å². The average Bonchev–Trinajstić information content (AvgIpc) is 2.99. The summed E-state index contributed by atoms with van der Waals surface area (Å²) in [4.78, 5) is 29.5. The van der Waals surface area contributed by atoms with Crippen molar-refractivity contribution in [3.05, 3.63) is 41.2 Å². The molecule has 0 aliphatic carbocycles. The maximum Gasteiger partial charge on any atom is 0.325 e. The number of nitrogens with zero attached hydrogens (tertiary/aromatic N) is 2. The molecule has 1 aliphatic rings. The number of urea groups is 1. The zero-order valence-corrected chi connectivity index (χ0v) is 12.9. The second-order valence-electron chi connectivity index (χ2n) is 5.60. The van der Waals surface area contributed by atoms with Crippen LogP contribution in [0.25, 0.3) is 10.6 Å². The molecule has 1 aromatic carbocycles. The molecule has 1 aromatic heterocycles. The Labute approximate surface area is 130 Å². The molecule has 0 radical (unpaired) electrons. The molecule has 1 N–H and O–H groups in total. The van der Waals surface area contributed by atoms with Gasteiger partial charge in [-0.2, -0.15) is 0 Å². The van der Waals surface area contributed by atoms with E-state index < -0.39 is 11.6 Å². The van der Waals surface area contributed by atoms with Crippen molar-refractivity contribution in [2.75, 3.05) is 0 Å². The highest BCUT2D eigenvalue weighted by atomic mass is 32.1. The average molecular weight is 319 g/mol. The number of hydrogen-bond donors (Lipinski definition) is 1. The molecule has 2 aromatic rings. The molecule has 0 unspecified atom stereocenters. The first-order valence-electron chi connectivity index (χ1n) is 6.71. The van der Waals surface area contributed by atoms with E-state index in [1.165, 1.54) is 23.5 Å². The van der Waals surface area contributed by atoms with Gasteiger partial charge in [0.25, 0.3) is 5.91 Å². The Hall–Kier alpha value is -2.28. The van der Waals surface area contributed by atoms with E-state index in [4.69, 9.17) is 0 Å². The van der Waals surface area contributed by atoms with Crippen molar-refractivity contribution in [3.8, 4) is 10.6 Å². The minimum absolute atomic E-state index is 0.131. The van der Waals surface area contributed by atoms with Crippen molar-refractivity contribution >= 4 is 23.3 Å². The number of carbonyl (C=O) groups excluding carboxylic acids is 2. The van der Waals surface area contributed by atoms with Gasteiger partial charge in [-0.3, -0.25) is 9.69 Å². The summed E-state index contributed by atoms with van der Waals surface area (Å²) >= 11 is 1.39. The number of nitrogens with one attached hydrogen (secondary N) is 1. The van der Waals surface area contributed by atoms with Crippen LogP contribution in [0.1, 0.15) is 19.5 Å². The van der Waals surface area contributed by atoms with Gasteiger partial charge in [0.15, 0.2) is 0 Å². The number of benzene rings is 1. The molecule has 1 aliphatic heterocycles. The lowest BCUT2D eigenvalue weighted by Gasteiger charge is -2.14. The highest BCUT2D eigenvalue weighted by Crippen LogP contribution is 2.26. The minimum atomic E-state index is -0.882. The van der Waals surface area contributed by atoms with E-state index in [-0.39, 0.29) is 18.3 Å². The molecule has 0 atom stereocenters. The molecule has 1 fully saturated rings. The molecule has 0 bridgehead atoms. The molecule has 7 heteroatoms. The fourth-order valence-electron chi connectivity index (χ4n) is 2.23. The van der Waals surface area contributed by atoms with Crippen LogP contribution >= 0.6 is 11.3 Å². The maximum absolute atomic E-state index is 12.9. The van der Waals surface area contributed by atoms with Crippen molar-refractivity contribution in [1.82, 2.24) is 15.2 Å². The standard InChI is InChI=1S/C15H14FN3O2S/c1-15(2)13(20)19(14(21)18-15)7-11-8-22-12(17-11)9-3-5-10(16)6-4-9/h3-6,8H,7H2,1-2H3,(H,18,21). The monoisotopic (exact) mass is 319 g/mol. The number of hydrogen-bond acceptors (Lipinski definition) is 4.